The Morgan fingerprint density at radius 1 is 1.20 bits per heavy atom. The first kappa shape index (κ1) is 9.63. The Labute approximate surface area is 83.2 Å². The normalized spacial score (nSPS) is 10.9. The Kier molecular flexibility index (Phi) is 2.36. The maximum atomic E-state index is 12.1. The molecule has 0 bridgehead atoms. The molecule has 0 spiro atoms. The van der Waals surface area contributed by atoms with Gasteiger partial charge in [-0.15, -0.1) is 10.2 Å². The molecule has 0 saturated heterocycles. The van der Waals surface area contributed by atoms with E-state index < -0.39 is 12.3 Å². The molecule has 0 amide bonds. The van der Waals surface area contributed by atoms with Gasteiger partial charge in [-0.25, -0.2) is 9.97 Å². The van der Waals surface area contributed by atoms with E-state index in [0.717, 1.165) is 0 Å². The van der Waals surface area contributed by atoms with Crippen LogP contribution < -0.4 is 0 Å². The minimum Gasteiger partial charge on any atom is -0.415 e. The molecule has 0 N–H and O–H groups in total. The van der Waals surface area contributed by atoms with Crippen LogP contribution in [-0.2, 0) is 0 Å². The molecule has 15 heavy (non-hydrogen) atoms. The van der Waals surface area contributed by atoms with E-state index in [2.05, 4.69) is 20.2 Å². The van der Waals surface area contributed by atoms with Crippen molar-refractivity contribution in [1.82, 2.24) is 20.2 Å². The molecule has 2 aromatic heterocycles. The highest BCUT2D eigenvalue weighted by Gasteiger charge is 2.17. The molecule has 78 valence electrons. The Bertz CT molecular complexity index is 454. The molecule has 0 unspecified atom stereocenters. The van der Waals surface area contributed by atoms with Crippen molar-refractivity contribution in [2.24, 2.45) is 0 Å². The molecule has 2 aromatic rings. The number of hydrogen-bond donors (Lipinski definition) is 0. The van der Waals surface area contributed by atoms with Crippen molar-refractivity contribution in [2.75, 3.05) is 0 Å². The Morgan fingerprint density at radius 3 is 2.40 bits per heavy atom. The molecule has 2 heterocycles. The lowest BCUT2D eigenvalue weighted by atomic mass is 10.3. The van der Waals surface area contributed by atoms with Crippen LogP contribution in [0.15, 0.2) is 16.8 Å². The first-order valence-corrected chi connectivity index (χ1v) is 4.07. The molecular weight excluding hydrogens is 206 g/mol. The van der Waals surface area contributed by atoms with E-state index in [9.17, 15) is 8.78 Å². The summed E-state index contributed by atoms with van der Waals surface area (Å²) in [6.07, 6.45) is 0.105. The van der Waals surface area contributed by atoms with Gasteiger partial charge in [0.05, 0.1) is 5.56 Å². The Morgan fingerprint density at radius 2 is 1.87 bits per heavy atom. The molecule has 0 aromatic carbocycles. The first-order valence-electron chi connectivity index (χ1n) is 4.07. The third-order valence-electron chi connectivity index (χ3n) is 1.66. The summed E-state index contributed by atoms with van der Waals surface area (Å²) in [5, 5.41) is 6.65. The number of nitrogens with zero attached hydrogens (tertiary/aromatic N) is 4. The van der Waals surface area contributed by atoms with Crippen LogP contribution in [-0.4, -0.2) is 20.2 Å². The quantitative estimate of drug-likeness (QED) is 0.758. The van der Waals surface area contributed by atoms with Gasteiger partial charge in [0.2, 0.25) is 0 Å². The highest BCUT2D eigenvalue weighted by molar-refractivity contribution is 5.48. The summed E-state index contributed by atoms with van der Waals surface area (Å²) >= 11 is 0. The summed E-state index contributed by atoms with van der Waals surface area (Å²) in [7, 11) is 0. The third-order valence-corrected chi connectivity index (χ3v) is 1.66. The molecule has 0 aliphatic heterocycles. The standard InChI is InChI=1S/C8H6F2N4O/c1-4-11-2-5(3-12-4)7-13-14-8(15-7)6(9)10/h2-3,6H,1H3. The molecule has 0 saturated carbocycles. The van der Waals surface area contributed by atoms with Crippen molar-refractivity contribution >= 4 is 0 Å². The average molecular weight is 212 g/mol. The number of halogens is 2. The molecule has 0 aliphatic carbocycles. The van der Waals surface area contributed by atoms with Crippen LogP contribution in [0.1, 0.15) is 18.1 Å². The SMILES string of the molecule is Cc1ncc(-c2nnc(C(F)F)o2)cn1. The van der Waals surface area contributed by atoms with E-state index >= 15 is 0 Å². The fraction of sp³-hybridized carbons (Fsp3) is 0.250. The van der Waals surface area contributed by atoms with Crippen LogP contribution in [0.4, 0.5) is 8.78 Å². The number of hydrogen-bond acceptors (Lipinski definition) is 5. The summed E-state index contributed by atoms with van der Waals surface area (Å²) in [5.74, 6) is -0.136. The van der Waals surface area contributed by atoms with Crippen molar-refractivity contribution in [1.29, 1.82) is 0 Å². The van der Waals surface area contributed by atoms with Crippen LogP contribution >= 0.6 is 0 Å². The van der Waals surface area contributed by atoms with Gasteiger partial charge in [-0.3, -0.25) is 0 Å². The lowest BCUT2D eigenvalue weighted by Gasteiger charge is -1.93. The summed E-state index contributed by atoms with van der Waals surface area (Å²) in [4.78, 5) is 7.77. The largest absolute Gasteiger partial charge is 0.415 e. The number of aryl methyl sites for hydroxylation is 1. The van der Waals surface area contributed by atoms with Crippen molar-refractivity contribution < 1.29 is 13.2 Å². The number of rotatable bonds is 2. The third kappa shape index (κ3) is 1.95. The van der Waals surface area contributed by atoms with E-state index in [4.69, 9.17) is 4.42 Å². The van der Waals surface area contributed by atoms with Crippen LogP contribution in [0.3, 0.4) is 0 Å². The van der Waals surface area contributed by atoms with Gasteiger partial charge in [0.15, 0.2) is 0 Å². The second-order valence-corrected chi connectivity index (χ2v) is 2.77. The molecule has 2 rings (SSSR count). The minimum atomic E-state index is -2.77. The second kappa shape index (κ2) is 3.68. The number of alkyl halides is 2. The van der Waals surface area contributed by atoms with Gasteiger partial charge < -0.3 is 4.42 Å². The van der Waals surface area contributed by atoms with E-state index in [0.29, 0.717) is 11.4 Å². The Hall–Kier alpha value is -1.92. The zero-order valence-electron chi connectivity index (χ0n) is 7.69. The summed E-state index contributed by atoms with van der Waals surface area (Å²) in [5.41, 5.74) is 0.417. The molecule has 0 radical (unpaired) electrons. The van der Waals surface area contributed by atoms with Crippen molar-refractivity contribution in [3.8, 4) is 11.5 Å². The topological polar surface area (TPSA) is 64.7 Å². The van der Waals surface area contributed by atoms with Gasteiger partial charge in [-0.1, -0.05) is 0 Å². The zero-order chi connectivity index (χ0) is 10.8. The smallest absolute Gasteiger partial charge is 0.314 e. The van der Waals surface area contributed by atoms with Gasteiger partial charge >= 0.3 is 6.43 Å². The van der Waals surface area contributed by atoms with Crippen molar-refractivity contribution in [3.05, 3.63) is 24.1 Å². The van der Waals surface area contributed by atoms with Crippen molar-refractivity contribution in [3.63, 3.8) is 0 Å². The van der Waals surface area contributed by atoms with Gasteiger partial charge in [0, 0.05) is 12.4 Å². The highest BCUT2D eigenvalue weighted by atomic mass is 19.3. The maximum Gasteiger partial charge on any atom is 0.314 e. The summed E-state index contributed by atoms with van der Waals surface area (Å²) in [6.45, 7) is 1.71. The van der Waals surface area contributed by atoms with Gasteiger partial charge in [0.1, 0.15) is 5.82 Å². The fourth-order valence-corrected chi connectivity index (χ4v) is 0.942. The first-order chi connectivity index (χ1) is 7.16. The van der Waals surface area contributed by atoms with Crippen LogP contribution in [0.2, 0.25) is 0 Å². The van der Waals surface area contributed by atoms with E-state index in [1.165, 1.54) is 12.4 Å². The van der Waals surface area contributed by atoms with Crippen LogP contribution in [0, 0.1) is 6.92 Å². The summed E-state index contributed by atoms with van der Waals surface area (Å²) < 4.78 is 29.0. The highest BCUT2D eigenvalue weighted by Crippen LogP contribution is 2.21. The van der Waals surface area contributed by atoms with Crippen molar-refractivity contribution in [2.45, 2.75) is 13.3 Å². The fourth-order valence-electron chi connectivity index (χ4n) is 0.942. The van der Waals surface area contributed by atoms with Crippen LogP contribution in [0.5, 0.6) is 0 Å². The average Bonchev–Trinajstić information content (AvgIpc) is 2.68. The van der Waals surface area contributed by atoms with E-state index in [1.54, 1.807) is 6.92 Å². The van der Waals surface area contributed by atoms with Crippen LogP contribution in [0.25, 0.3) is 11.5 Å². The molecule has 7 heteroatoms. The Balaban J connectivity index is 2.33. The van der Waals surface area contributed by atoms with Gasteiger partial charge in [-0.05, 0) is 6.92 Å². The number of aromatic nitrogens is 4. The molecule has 0 fully saturated rings. The summed E-state index contributed by atoms with van der Waals surface area (Å²) in [6, 6.07) is 0. The lowest BCUT2D eigenvalue weighted by molar-refractivity contribution is 0.116. The van der Waals surface area contributed by atoms with Gasteiger partial charge in [0.25, 0.3) is 11.8 Å². The lowest BCUT2D eigenvalue weighted by Crippen LogP contribution is -1.87. The van der Waals surface area contributed by atoms with Gasteiger partial charge in [-0.2, -0.15) is 8.78 Å². The zero-order valence-corrected chi connectivity index (χ0v) is 7.69. The second-order valence-electron chi connectivity index (χ2n) is 2.77. The van der Waals surface area contributed by atoms with E-state index in [-0.39, 0.29) is 5.89 Å². The molecular formula is C8H6F2N4O. The predicted octanol–water partition coefficient (Wildman–Crippen LogP) is 1.77. The maximum absolute atomic E-state index is 12.1. The monoisotopic (exact) mass is 212 g/mol. The minimum absolute atomic E-state index is 0.00898. The molecule has 5 nitrogen and oxygen atoms in total. The molecule has 0 aliphatic rings. The van der Waals surface area contributed by atoms with E-state index in [1.807, 2.05) is 0 Å². The predicted molar refractivity (Wildman–Crippen MR) is 45.0 cm³/mol. The molecule has 0 atom stereocenters.